The van der Waals surface area contributed by atoms with Gasteiger partial charge in [0.1, 0.15) is 0 Å². The van der Waals surface area contributed by atoms with Crippen molar-refractivity contribution in [3.63, 3.8) is 0 Å². The van der Waals surface area contributed by atoms with E-state index in [1.54, 1.807) is 23.1 Å². The lowest BCUT2D eigenvalue weighted by Gasteiger charge is -2.09. The lowest BCUT2D eigenvalue weighted by atomic mass is 10.4. The summed E-state index contributed by atoms with van der Waals surface area (Å²) in [5.41, 5.74) is 2.06. The number of hydrogen-bond donors (Lipinski definition) is 3. The number of nitrogens with one attached hydrogen (secondary N) is 2. The summed E-state index contributed by atoms with van der Waals surface area (Å²) in [4.78, 5) is 3.68. The van der Waals surface area contributed by atoms with Crippen molar-refractivity contribution in [3.8, 4) is 0 Å². The Labute approximate surface area is 102 Å². The van der Waals surface area contributed by atoms with Gasteiger partial charge in [0.15, 0.2) is 23.3 Å². The largest absolute Gasteiger partial charge is 0.366 e. The SMILES string of the molecule is NNc1nc(NCCn2cccn2)c(F)cc1F. The molecule has 0 bridgehead atoms. The maximum absolute atomic E-state index is 13.4. The Bertz CT molecular complexity index is 513. The average Bonchev–Trinajstić information content (AvgIpc) is 2.85. The second kappa shape index (κ2) is 5.41. The van der Waals surface area contributed by atoms with Gasteiger partial charge in [-0.3, -0.25) is 4.68 Å². The molecule has 2 rings (SSSR count). The molecule has 0 amide bonds. The van der Waals surface area contributed by atoms with E-state index < -0.39 is 11.6 Å². The first kappa shape index (κ1) is 12.2. The zero-order valence-electron chi connectivity index (χ0n) is 9.40. The monoisotopic (exact) mass is 254 g/mol. The summed E-state index contributed by atoms with van der Waals surface area (Å²) in [6.45, 7) is 0.943. The fourth-order valence-electron chi connectivity index (χ4n) is 1.41. The van der Waals surface area contributed by atoms with Gasteiger partial charge in [-0.2, -0.15) is 5.10 Å². The molecule has 8 heteroatoms. The van der Waals surface area contributed by atoms with E-state index in [-0.39, 0.29) is 11.6 Å². The Morgan fingerprint density at radius 2 is 2.06 bits per heavy atom. The first-order chi connectivity index (χ1) is 8.70. The molecule has 0 radical (unpaired) electrons. The van der Waals surface area contributed by atoms with Gasteiger partial charge < -0.3 is 10.7 Å². The molecule has 4 N–H and O–H groups in total. The summed E-state index contributed by atoms with van der Waals surface area (Å²) in [6.07, 6.45) is 3.43. The van der Waals surface area contributed by atoms with Crippen LogP contribution in [0.4, 0.5) is 20.4 Å². The van der Waals surface area contributed by atoms with Crippen molar-refractivity contribution in [2.24, 2.45) is 5.84 Å². The molecule has 0 saturated heterocycles. The van der Waals surface area contributed by atoms with Gasteiger partial charge >= 0.3 is 0 Å². The Morgan fingerprint density at radius 3 is 2.72 bits per heavy atom. The number of hydrogen-bond acceptors (Lipinski definition) is 5. The first-order valence-electron chi connectivity index (χ1n) is 5.24. The fraction of sp³-hybridized carbons (Fsp3) is 0.200. The van der Waals surface area contributed by atoms with E-state index in [9.17, 15) is 8.78 Å². The van der Waals surface area contributed by atoms with Crippen LogP contribution in [-0.4, -0.2) is 21.3 Å². The van der Waals surface area contributed by atoms with Gasteiger partial charge in [0.2, 0.25) is 0 Å². The molecule has 0 spiro atoms. The van der Waals surface area contributed by atoms with Crippen molar-refractivity contribution in [2.45, 2.75) is 6.54 Å². The van der Waals surface area contributed by atoms with Crippen molar-refractivity contribution in [3.05, 3.63) is 36.2 Å². The summed E-state index contributed by atoms with van der Waals surface area (Å²) in [5.74, 6) is 3.18. The van der Waals surface area contributed by atoms with Gasteiger partial charge in [0, 0.05) is 25.0 Å². The summed E-state index contributed by atoms with van der Waals surface area (Å²) >= 11 is 0. The summed E-state index contributed by atoms with van der Waals surface area (Å²) < 4.78 is 28.1. The summed E-state index contributed by atoms with van der Waals surface area (Å²) in [7, 11) is 0. The van der Waals surface area contributed by atoms with Crippen molar-refractivity contribution >= 4 is 11.6 Å². The molecule has 0 atom stereocenters. The van der Waals surface area contributed by atoms with E-state index in [0.717, 1.165) is 6.07 Å². The number of nitrogens with zero attached hydrogens (tertiary/aromatic N) is 3. The van der Waals surface area contributed by atoms with Gasteiger partial charge in [0.05, 0.1) is 6.54 Å². The standard InChI is InChI=1S/C10H12F2N6/c11-7-6-8(12)10(17-13)16-9(7)14-3-5-18-4-1-2-15-18/h1-2,4,6H,3,5,13H2,(H2,14,16,17). The molecule has 0 fully saturated rings. The lowest BCUT2D eigenvalue weighted by Crippen LogP contribution is -2.16. The predicted octanol–water partition coefficient (Wildman–Crippen LogP) is 0.954. The maximum atomic E-state index is 13.4. The molecular formula is C10H12F2N6. The van der Waals surface area contributed by atoms with Gasteiger partial charge in [-0.25, -0.2) is 19.6 Å². The van der Waals surface area contributed by atoms with Crippen LogP contribution >= 0.6 is 0 Å². The minimum Gasteiger partial charge on any atom is -0.366 e. The molecule has 6 nitrogen and oxygen atoms in total. The van der Waals surface area contributed by atoms with Gasteiger partial charge in [-0.15, -0.1) is 0 Å². The minimum absolute atomic E-state index is 0.0588. The Balaban J connectivity index is 2.00. The molecule has 2 heterocycles. The lowest BCUT2D eigenvalue weighted by molar-refractivity contribution is 0.575. The second-order valence-corrected chi connectivity index (χ2v) is 3.49. The quantitative estimate of drug-likeness (QED) is 0.547. The number of hydrazine groups is 1. The zero-order valence-corrected chi connectivity index (χ0v) is 9.40. The topological polar surface area (TPSA) is 80.8 Å². The smallest absolute Gasteiger partial charge is 0.178 e. The normalized spacial score (nSPS) is 10.4. The van der Waals surface area contributed by atoms with Crippen LogP contribution in [0.15, 0.2) is 24.5 Å². The van der Waals surface area contributed by atoms with E-state index in [1.807, 2.05) is 0 Å². The molecule has 0 aromatic carbocycles. The number of nitrogen functional groups attached to an aromatic ring is 1. The molecular weight excluding hydrogens is 242 g/mol. The van der Waals surface area contributed by atoms with Crippen LogP contribution in [0.2, 0.25) is 0 Å². The summed E-state index contributed by atoms with van der Waals surface area (Å²) in [5, 5.41) is 6.73. The second-order valence-electron chi connectivity index (χ2n) is 3.49. The highest BCUT2D eigenvalue weighted by Gasteiger charge is 2.10. The number of nitrogens with two attached hydrogens (primary N) is 1. The van der Waals surface area contributed by atoms with Crippen LogP contribution in [0.3, 0.4) is 0 Å². The van der Waals surface area contributed by atoms with Crippen LogP contribution in [0.25, 0.3) is 0 Å². The van der Waals surface area contributed by atoms with Crippen molar-refractivity contribution in [1.29, 1.82) is 0 Å². The van der Waals surface area contributed by atoms with E-state index in [4.69, 9.17) is 5.84 Å². The third-order valence-electron chi connectivity index (χ3n) is 2.26. The van der Waals surface area contributed by atoms with Crippen LogP contribution < -0.4 is 16.6 Å². The number of anilines is 2. The zero-order chi connectivity index (χ0) is 13.0. The number of pyridine rings is 1. The molecule has 2 aromatic heterocycles. The van der Waals surface area contributed by atoms with Gasteiger partial charge in [-0.05, 0) is 6.07 Å². The van der Waals surface area contributed by atoms with Gasteiger partial charge in [0.25, 0.3) is 0 Å². The Kier molecular flexibility index (Phi) is 3.68. The average molecular weight is 254 g/mol. The third-order valence-corrected chi connectivity index (χ3v) is 2.26. The van der Waals surface area contributed by atoms with Crippen LogP contribution in [0.1, 0.15) is 0 Å². The molecule has 0 aliphatic rings. The van der Waals surface area contributed by atoms with E-state index in [1.165, 1.54) is 0 Å². The van der Waals surface area contributed by atoms with Crippen molar-refractivity contribution < 1.29 is 8.78 Å². The molecule has 0 aliphatic heterocycles. The molecule has 0 unspecified atom stereocenters. The Morgan fingerprint density at radius 1 is 1.28 bits per heavy atom. The molecule has 2 aromatic rings. The molecule has 0 saturated carbocycles. The van der Waals surface area contributed by atoms with Crippen LogP contribution in [0, 0.1) is 11.6 Å². The van der Waals surface area contributed by atoms with E-state index >= 15 is 0 Å². The van der Waals surface area contributed by atoms with E-state index in [0.29, 0.717) is 13.1 Å². The molecule has 96 valence electrons. The maximum Gasteiger partial charge on any atom is 0.178 e. The number of aromatic nitrogens is 3. The van der Waals surface area contributed by atoms with Crippen LogP contribution in [-0.2, 0) is 6.54 Å². The first-order valence-corrected chi connectivity index (χ1v) is 5.24. The van der Waals surface area contributed by atoms with E-state index in [2.05, 4.69) is 20.8 Å². The predicted molar refractivity (Wildman–Crippen MR) is 62.7 cm³/mol. The molecule has 0 aliphatic carbocycles. The van der Waals surface area contributed by atoms with Crippen molar-refractivity contribution in [2.75, 3.05) is 17.3 Å². The highest BCUT2D eigenvalue weighted by atomic mass is 19.1. The highest BCUT2D eigenvalue weighted by Crippen LogP contribution is 2.17. The summed E-state index contributed by atoms with van der Waals surface area (Å²) in [6, 6.07) is 2.51. The van der Waals surface area contributed by atoms with Crippen molar-refractivity contribution in [1.82, 2.24) is 14.8 Å². The Hall–Kier alpha value is -2.22. The fourth-order valence-corrected chi connectivity index (χ4v) is 1.41. The van der Waals surface area contributed by atoms with Crippen LogP contribution in [0.5, 0.6) is 0 Å². The van der Waals surface area contributed by atoms with Gasteiger partial charge in [-0.1, -0.05) is 0 Å². The number of rotatable bonds is 5. The molecule has 18 heavy (non-hydrogen) atoms. The minimum atomic E-state index is -0.840. The highest BCUT2D eigenvalue weighted by molar-refractivity contribution is 5.46. The third kappa shape index (κ3) is 2.72. The number of halogens is 2.